The lowest BCUT2D eigenvalue weighted by Gasteiger charge is -2.16. The topological polar surface area (TPSA) is 48.9 Å². The van der Waals surface area contributed by atoms with Gasteiger partial charge in [0.05, 0.1) is 13.2 Å². The minimum atomic E-state index is 0. The Labute approximate surface area is 186 Å². The first-order chi connectivity index (χ1) is 13.1. The van der Waals surface area contributed by atoms with Crippen molar-refractivity contribution in [2.75, 3.05) is 27.2 Å². The van der Waals surface area contributed by atoms with Crippen LogP contribution < -0.4 is 15.4 Å². The van der Waals surface area contributed by atoms with Gasteiger partial charge in [0.2, 0.25) is 0 Å². The molecule has 0 aliphatic heterocycles. The highest BCUT2D eigenvalue weighted by molar-refractivity contribution is 14.0. The van der Waals surface area contributed by atoms with E-state index in [4.69, 9.17) is 9.73 Å². The second-order valence-corrected chi connectivity index (χ2v) is 6.60. The van der Waals surface area contributed by atoms with E-state index in [-0.39, 0.29) is 24.0 Å². The third kappa shape index (κ3) is 8.06. The van der Waals surface area contributed by atoms with Crippen molar-refractivity contribution in [1.82, 2.24) is 15.5 Å². The van der Waals surface area contributed by atoms with Gasteiger partial charge in [-0.3, -0.25) is 0 Å². The predicted octanol–water partition coefficient (Wildman–Crippen LogP) is 4.02. The van der Waals surface area contributed by atoms with Gasteiger partial charge < -0.3 is 20.3 Å². The van der Waals surface area contributed by atoms with Crippen molar-refractivity contribution < 1.29 is 4.74 Å². The number of nitrogens with zero attached hydrogens (tertiary/aromatic N) is 2. The van der Waals surface area contributed by atoms with E-state index < -0.39 is 0 Å². The van der Waals surface area contributed by atoms with Crippen LogP contribution in [0.2, 0.25) is 0 Å². The first kappa shape index (κ1) is 24.2. The van der Waals surface area contributed by atoms with Gasteiger partial charge in [-0.05, 0) is 45.1 Å². The molecule has 2 rings (SSSR count). The highest BCUT2D eigenvalue weighted by Gasteiger charge is 2.06. The lowest BCUT2D eigenvalue weighted by Crippen LogP contribution is -2.37. The summed E-state index contributed by atoms with van der Waals surface area (Å²) in [5.74, 6) is 1.71. The standard InChI is InChI=1S/C22H32N4O.HI/c1-5-23-22(25-16-19-12-9-10-14-21(19)27-6-2)24-15-18-11-7-8-13-20(18)17-26(3)4;/h7-14H,5-6,15-17H2,1-4H3,(H2,23,24,25);1H. The molecular formula is C22H33IN4O. The number of nitrogens with one attached hydrogen (secondary N) is 2. The van der Waals surface area contributed by atoms with E-state index in [0.29, 0.717) is 13.2 Å². The molecule has 0 saturated carbocycles. The maximum absolute atomic E-state index is 5.70. The number of hydrogen-bond acceptors (Lipinski definition) is 3. The molecule has 0 aromatic heterocycles. The molecular weight excluding hydrogens is 463 g/mol. The number of halogens is 1. The van der Waals surface area contributed by atoms with Gasteiger partial charge >= 0.3 is 0 Å². The summed E-state index contributed by atoms with van der Waals surface area (Å²) in [6.45, 7) is 7.78. The molecule has 0 radical (unpaired) electrons. The smallest absolute Gasteiger partial charge is 0.191 e. The van der Waals surface area contributed by atoms with Crippen molar-refractivity contribution in [3.63, 3.8) is 0 Å². The van der Waals surface area contributed by atoms with Crippen molar-refractivity contribution in [1.29, 1.82) is 0 Å². The fraction of sp³-hybridized carbons (Fsp3) is 0.409. The average molecular weight is 496 g/mol. The minimum absolute atomic E-state index is 0. The monoisotopic (exact) mass is 496 g/mol. The zero-order valence-electron chi connectivity index (χ0n) is 17.4. The van der Waals surface area contributed by atoms with Crippen LogP contribution in [0.3, 0.4) is 0 Å². The van der Waals surface area contributed by atoms with Crippen LogP contribution in [0.5, 0.6) is 5.75 Å². The number of benzene rings is 2. The van der Waals surface area contributed by atoms with Crippen LogP contribution in [0.15, 0.2) is 53.5 Å². The maximum atomic E-state index is 5.70. The second kappa shape index (κ2) is 13.4. The number of para-hydroxylation sites is 1. The van der Waals surface area contributed by atoms with Crippen molar-refractivity contribution in [3.05, 3.63) is 65.2 Å². The summed E-state index contributed by atoms with van der Waals surface area (Å²) < 4.78 is 5.70. The molecule has 0 heterocycles. The van der Waals surface area contributed by atoms with E-state index in [0.717, 1.165) is 36.9 Å². The first-order valence-electron chi connectivity index (χ1n) is 9.58. The second-order valence-electron chi connectivity index (χ2n) is 6.60. The van der Waals surface area contributed by atoms with Crippen molar-refractivity contribution >= 4 is 29.9 Å². The van der Waals surface area contributed by atoms with E-state index in [1.165, 1.54) is 11.1 Å². The van der Waals surface area contributed by atoms with Crippen LogP contribution in [0.25, 0.3) is 0 Å². The van der Waals surface area contributed by atoms with Gasteiger partial charge in [-0.1, -0.05) is 42.5 Å². The molecule has 0 spiro atoms. The molecule has 0 fully saturated rings. The molecule has 0 unspecified atom stereocenters. The lowest BCUT2D eigenvalue weighted by atomic mass is 10.1. The van der Waals surface area contributed by atoms with Crippen LogP contribution in [-0.2, 0) is 19.6 Å². The van der Waals surface area contributed by atoms with Gasteiger partial charge in [-0.25, -0.2) is 4.99 Å². The summed E-state index contributed by atoms with van der Waals surface area (Å²) in [6, 6.07) is 16.6. The fourth-order valence-electron chi connectivity index (χ4n) is 2.84. The molecule has 0 amide bonds. The van der Waals surface area contributed by atoms with Crippen molar-refractivity contribution in [2.24, 2.45) is 4.99 Å². The highest BCUT2D eigenvalue weighted by Crippen LogP contribution is 2.18. The molecule has 0 aliphatic rings. The van der Waals surface area contributed by atoms with E-state index in [2.05, 4.69) is 66.9 Å². The number of guanidine groups is 1. The summed E-state index contributed by atoms with van der Waals surface area (Å²) in [6.07, 6.45) is 0. The normalized spacial score (nSPS) is 11.1. The first-order valence-corrected chi connectivity index (χ1v) is 9.58. The van der Waals surface area contributed by atoms with Crippen LogP contribution in [0.1, 0.15) is 30.5 Å². The van der Waals surface area contributed by atoms with E-state index in [1.807, 2.05) is 25.1 Å². The van der Waals surface area contributed by atoms with E-state index in [1.54, 1.807) is 0 Å². The van der Waals surface area contributed by atoms with Crippen LogP contribution >= 0.6 is 24.0 Å². The molecule has 0 aliphatic carbocycles. The predicted molar refractivity (Wildman–Crippen MR) is 129 cm³/mol. The lowest BCUT2D eigenvalue weighted by molar-refractivity contribution is 0.336. The Balaban J connectivity index is 0.00000392. The summed E-state index contributed by atoms with van der Waals surface area (Å²) in [5, 5.41) is 6.77. The zero-order valence-corrected chi connectivity index (χ0v) is 19.7. The molecule has 6 heteroatoms. The molecule has 0 saturated heterocycles. The van der Waals surface area contributed by atoms with Gasteiger partial charge in [-0.2, -0.15) is 0 Å². The zero-order chi connectivity index (χ0) is 19.5. The SMILES string of the molecule is CCNC(=NCc1ccccc1OCC)NCc1ccccc1CN(C)C.I. The largest absolute Gasteiger partial charge is 0.494 e. The van der Waals surface area contributed by atoms with Gasteiger partial charge in [0, 0.05) is 25.2 Å². The average Bonchev–Trinajstić information content (AvgIpc) is 2.66. The number of ether oxygens (including phenoxy) is 1. The van der Waals surface area contributed by atoms with Gasteiger partial charge in [0.15, 0.2) is 5.96 Å². The summed E-state index contributed by atoms with van der Waals surface area (Å²) >= 11 is 0. The fourth-order valence-corrected chi connectivity index (χ4v) is 2.84. The quantitative estimate of drug-likeness (QED) is 0.313. The van der Waals surface area contributed by atoms with Gasteiger partial charge in [0.1, 0.15) is 5.75 Å². The van der Waals surface area contributed by atoms with Crippen LogP contribution in [0.4, 0.5) is 0 Å². The van der Waals surface area contributed by atoms with E-state index in [9.17, 15) is 0 Å². The maximum Gasteiger partial charge on any atom is 0.191 e. The van der Waals surface area contributed by atoms with Crippen molar-refractivity contribution in [2.45, 2.75) is 33.5 Å². The Kier molecular flexibility index (Phi) is 11.6. The van der Waals surface area contributed by atoms with E-state index >= 15 is 0 Å². The molecule has 5 nitrogen and oxygen atoms in total. The Morgan fingerprint density at radius 1 is 0.929 bits per heavy atom. The summed E-state index contributed by atoms with van der Waals surface area (Å²) in [7, 11) is 4.18. The third-order valence-corrected chi connectivity index (χ3v) is 4.08. The van der Waals surface area contributed by atoms with Crippen LogP contribution in [0, 0.1) is 0 Å². The minimum Gasteiger partial charge on any atom is -0.494 e. The molecule has 2 N–H and O–H groups in total. The number of hydrogen-bond donors (Lipinski definition) is 2. The molecule has 28 heavy (non-hydrogen) atoms. The molecule has 0 bridgehead atoms. The molecule has 154 valence electrons. The Bertz CT molecular complexity index is 734. The molecule has 0 atom stereocenters. The number of aliphatic imine (C=N–C) groups is 1. The number of rotatable bonds is 9. The van der Waals surface area contributed by atoms with Crippen LogP contribution in [-0.4, -0.2) is 38.1 Å². The summed E-state index contributed by atoms with van der Waals surface area (Å²) in [4.78, 5) is 6.92. The Hall–Kier alpha value is -1.80. The Morgan fingerprint density at radius 2 is 1.57 bits per heavy atom. The Morgan fingerprint density at radius 3 is 2.21 bits per heavy atom. The molecule has 2 aromatic rings. The highest BCUT2D eigenvalue weighted by atomic mass is 127. The molecule has 2 aromatic carbocycles. The summed E-state index contributed by atoms with van der Waals surface area (Å²) in [5.41, 5.74) is 3.70. The van der Waals surface area contributed by atoms with Crippen molar-refractivity contribution in [3.8, 4) is 5.75 Å². The van der Waals surface area contributed by atoms with Gasteiger partial charge in [-0.15, -0.1) is 24.0 Å². The van der Waals surface area contributed by atoms with Gasteiger partial charge in [0.25, 0.3) is 0 Å². The third-order valence-electron chi connectivity index (χ3n) is 4.08.